The summed E-state index contributed by atoms with van der Waals surface area (Å²) >= 11 is 0. The molecule has 0 radical (unpaired) electrons. The van der Waals surface area contributed by atoms with Gasteiger partial charge in [-0.15, -0.1) is 10.2 Å². The van der Waals surface area contributed by atoms with Crippen LogP contribution in [0.15, 0.2) is 47.3 Å². The van der Waals surface area contributed by atoms with Gasteiger partial charge in [0.15, 0.2) is 11.3 Å². The quantitative estimate of drug-likeness (QED) is 0.388. The normalized spacial score (nSPS) is 12.9. The highest BCUT2D eigenvalue weighted by Crippen LogP contribution is 2.21. The van der Waals surface area contributed by atoms with E-state index in [-0.39, 0.29) is 22.4 Å². The van der Waals surface area contributed by atoms with Crippen LogP contribution in [-0.2, 0) is 0 Å². The van der Waals surface area contributed by atoms with Gasteiger partial charge >= 0.3 is 0 Å². The second kappa shape index (κ2) is 9.34. The van der Waals surface area contributed by atoms with Gasteiger partial charge in [0.25, 0.3) is 11.5 Å². The van der Waals surface area contributed by atoms with Crippen LogP contribution >= 0.6 is 0 Å². The molecule has 9 heteroatoms. The van der Waals surface area contributed by atoms with Gasteiger partial charge in [-0.3, -0.25) is 14.7 Å². The number of H-pyrrole nitrogens is 1. The number of halogens is 1. The van der Waals surface area contributed by atoms with Crippen molar-refractivity contribution in [2.45, 2.75) is 40.2 Å². The number of amides is 1. The Balaban J connectivity index is 1.46. The van der Waals surface area contributed by atoms with Gasteiger partial charge < -0.3 is 10.6 Å². The number of benzene rings is 2. The lowest BCUT2D eigenvalue weighted by Gasteiger charge is -2.22. The fourth-order valence-electron chi connectivity index (χ4n) is 3.66. The predicted octanol–water partition coefficient (Wildman–Crippen LogP) is 3.55. The van der Waals surface area contributed by atoms with Crippen molar-refractivity contribution in [1.29, 1.82) is 0 Å². The molecule has 0 saturated heterocycles. The number of nitrogens with zero attached hydrogens (tertiary/aromatic N) is 3. The molecule has 2 aromatic heterocycles. The monoisotopic (exact) mass is 464 g/mol. The van der Waals surface area contributed by atoms with Crippen LogP contribution in [0.3, 0.4) is 0 Å². The maximum Gasteiger partial charge on any atom is 0.299 e. The topological polar surface area (TPSA) is 105 Å². The summed E-state index contributed by atoms with van der Waals surface area (Å²) < 4.78 is 15.4. The Morgan fingerprint density at radius 2 is 1.82 bits per heavy atom. The third-order valence-electron chi connectivity index (χ3n) is 5.60. The lowest BCUT2D eigenvalue weighted by Crippen LogP contribution is -2.36. The first kappa shape index (κ1) is 23.6. The molecule has 0 bridgehead atoms. The largest absolute Gasteiger partial charge is 0.352 e. The van der Waals surface area contributed by atoms with Gasteiger partial charge in [-0.25, -0.2) is 9.07 Å². The standard InChI is InChI=1S/C25H29FN6O2/c1-15(28-14-25(2,3)4)12-13-27-23(33)16-8-10-17(11-9-16)32-24(34)22-21(31-32)18-6-5-7-19(26)20(18)29-30-22/h5-11,15,28,31H,12-14H2,1-4H3,(H,27,33). The molecule has 0 spiro atoms. The second-order valence-electron chi connectivity index (χ2n) is 9.75. The number of rotatable bonds is 7. The lowest BCUT2D eigenvalue weighted by atomic mass is 9.96. The summed E-state index contributed by atoms with van der Waals surface area (Å²) in [5.74, 6) is -0.679. The highest BCUT2D eigenvalue weighted by molar-refractivity contribution is 6.01. The highest BCUT2D eigenvalue weighted by Gasteiger charge is 2.16. The molecule has 0 aliphatic heterocycles. The smallest absolute Gasteiger partial charge is 0.299 e. The molecule has 4 aromatic rings. The molecule has 34 heavy (non-hydrogen) atoms. The van der Waals surface area contributed by atoms with Crippen LogP contribution in [-0.4, -0.2) is 45.0 Å². The van der Waals surface area contributed by atoms with Crippen molar-refractivity contribution >= 4 is 27.8 Å². The van der Waals surface area contributed by atoms with Crippen molar-refractivity contribution in [3.05, 3.63) is 64.2 Å². The molecule has 0 aliphatic carbocycles. The molecular formula is C25H29FN6O2. The Morgan fingerprint density at radius 1 is 1.12 bits per heavy atom. The van der Waals surface area contributed by atoms with E-state index in [0.29, 0.717) is 34.7 Å². The average molecular weight is 465 g/mol. The van der Waals surface area contributed by atoms with Crippen LogP contribution < -0.4 is 16.2 Å². The van der Waals surface area contributed by atoms with Crippen LogP contribution in [0.4, 0.5) is 4.39 Å². The molecule has 4 rings (SSSR count). The van der Waals surface area contributed by atoms with Gasteiger partial charge in [0.05, 0.1) is 11.2 Å². The van der Waals surface area contributed by atoms with Crippen molar-refractivity contribution < 1.29 is 9.18 Å². The van der Waals surface area contributed by atoms with Gasteiger partial charge in [-0.2, -0.15) is 0 Å². The Kier molecular flexibility index (Phi) is 6.47. The van der Waals surface area contributed by atoms with Crippen LogP contribution in [0.2, 0.25) is 0 Å². The Bertz CT molecular complexity index is 1390. The zero-order chi connectivity index (χ0) is 24.5. The van der Waals surface area contributed by atoms with Crippen molar-refractivity contribution in [3.63, 3.8) is 0 Å². The predicted molar refractivity (Wildman–Crippen MR) is 131 cm³/mol. The third kappa shape index (κ3) is 4.99. The first-order valence-electron chi connectivity index (χ1n) is 11.3. The molecular weight excluding hydrogens is 435 g/mol. The number of aromatic nitrogens is 4. The number of carbonyl (C=O) groups excluding carboxylic acids is 1. The zero-order valence-corrected chi connectivity index (χ0v) is 19.8. The number of aromatic amines is 1. The molecule has 0 fully saturated rings. The van der Waals surface area contributed by atoms with Crippen molar-refractivity contribution in [3.8, 4) is 5.69 Å². The molecule has 0 aliphatic rings. The Labute approximate surface area is 196 Å². The summed E-state index contributed by atoms with van der Waals surface area (Å²) in [7, 11) is 0. The Hall–Kier alpha value is -3.59. The second-order valence-corrected chi connectivity index (χ2v) is 9.75. The zero-order valence-electron chi connectivity index (χ0n) is 19.8. The van der Waals surface area contributed by atoms with E-state index in [2.05, 4.69) is 53.6 Å². The van der Waals surface area contributed by atoms with Gasteiger partial charge in [0, 0.05) is 30.1 Å². The maximum absolute atomic E-state index is 14.0. The van der Waals surface area contributed by atoms with E-state index in [1.54, 1.807) is 36.4 Å². The Morgan fingerprint density at radius 3 is 2.53 bits per heavy atom. The minimum atomic E-state index is -0.504. The number of carbonyl (C=O) groups is 1. The van der Waals surface area contributed by atoms with Gasteiger partial charge in [-0.1, -0.05) is 32.9 Å². The van der Waals surface area contributed by atoms with Crippen LogP contribution in [0, 0.1) is 11.2 Å². The molecule has 1 unspecified atom stereocenters. The van der Waals surface area contributed by atoms with E-state index >= 15 is 0 Å². The van der Waals surface area contributed by atoms with Crippen LogP contribution in [0.25, 0.3) is 27.6 Å². The van der Waals surface area contributed by atoms with Crippen LogP contribution in [0.1, 0.15) is 44.5 Å². The molecule has 3 N–H and O–H groups in total. The molecule has 8 nitrogen and oxygen atoms in total. The number of hydrogen-bond acceptors (Lipinski definition) is 5. The van der Waals surface area contributed by atoms with E-state index < -0.39 is 11.4 Å². The van der Waals surface area contributed by atoms with E-state index in [0.717, 1.165) is 13.0 Å². The summed E-state index contributed by atoms with van der Waals surface area (Å²) in [6, 6.07) is 11.5. The van der Waals surface area contributed by atoms with Crippen molar-refractivity contribution in [2.24, 2.45) is 5.41 Å². The summed E-state index contributed by atoms with van der Waals surface area (Å²) in [5.41, 5.74) is 1.46. The minimum Gasteiger partial charge on any atom is -0.352 e. The van der Waals surface area contributed by atoms with E-state index in [9.17, 15) is 14.0 Å². The lowest BCUT2D eigenvalue weighted by molar-refractivity contribution is 0.0952. The van der Waals surface area contributed by atoms with E-state index in [1.807, 2.05) is 0 Å². The summed E-state index contributed by atoms with van der Waals surface area (Å²) in [6.07, 6.45) is 0.819. The molecule has 1 amide bonds. The summed E-state index contributed by atoms with van der Waals surface area (Å²) in [6.45, 7) is 10.1. The van der Waals surface area contributed by atoms with E-state index in [4.69, 9.17) is 0 Å². The highest BCUT2D eigenvalue weighted by atomic mass is 19.1. The molecule has 178 valence electrons. The SMILES string of the molecule is CC(CCNC(=O)c1ccc(-n2[nH]c3c(nnc4c(F)cccc43)c2=O)cc1)NCC(C)(C)C. The molecule has 2 heterocycles. The first-order chi connectivity index (χ1) is 16.1. The third-order valence-corrected chi connectivity index (χ3v) is 5.60. The maximum atomic E-state index is 14.0. The van der Waals surface area contributed by atoms with E-state index in [1.165, 1.54) is 10.7 Å². The average Bonchev–Trinajstić information content (AvgIpc) is 3.14. The minimum absolute atomic E-state index is 0.0957. The van der Waals surface area contributed by atoms with Crippen molar-refractivity contribution in [1.82, 2.24) is 30.6 Å². The molecule has 0 saturated carbocycles. The van der Waals surface area contributed by atoms with Crippen molar-refractivity contribution in [2.75, 3.05) is 13.1 Å². The van der Waals surface area contributed by atoms with Crippen LogP contribution in [0.5, 0.6) is 0 Å². The van der Waals surface area contributed by atoms with Gasteiger partial charge in [0.1, 0.15) is 5.52 Å². The van der Waals surface area contributed by atoms with Gasteiger partial charge in [-0.05, 0) is 49.1 Å². The molecule has 2 aromatic carbocycles. The number of hydrogen-bond donors (Lipinski definition) is 3. The number of fused-ring (bicyclic) bond motifs is 3. The fourth-order valence-corrected chi connectivity index (χ4v) is 3.66. The van der Waals surface area contributed by atoms with Gasteiger partial charge in [0.2, 0.25) is 0 Å². The summed E-state index contributed by atoms with van der Waals surface area (Å²) in [5, 5.41) is 17.7. The fraction of sp³-hybridized carbons (Fsp3) is 0.360. The summed E-state index contributed by atoms with van der Waals surface area (Å²) in [4.78, 5) is 25.4. The number of nitrogens with one attached hydrogen (secondary N) is 3. The molecule has 1 atom stereocenters. The first-order valence-corrected chi connectivity index (χ1v) is 11.3.